The highest BCUT2D eigenvalue weighted by Gasteiger charge is 2.45. The van der Waals surface area contributed by atoms with Crippen molar-refractivity contribution in [2.24, 2.45) is 0 Å². The maximum Gasteiger partial charge on any atom is 0.0483 e. The number of anilines is 1. The van der Waals surface area contributed by atoms with Crippen molar-refractivity contribution in [3.8, 4) is 0 Å². The van der Waals surface area contributed by atoms with Crippen LogP contribution in [0.2, 0.25) is 0 Å². The molecule has 0 spiro atoms. The SMILES string of the molecule is CC1(C)CC2=C(CC3=C(CC(C)(C)c4c3[nH]c3ccccc43)N2c2ccccc2)c2[nH]c3ccccc3c21. The standard InChI is InChI=1S/C35H33N3/c1-34(2)19-28-24(32-30(34)22-14-8-10-16-26(22)36-32)18-25-29(38(28)21-12-6-5-7-13-21)20-35(3,4)31-23-15-9-11-17-27(23)37-33(25)31/h5-17,36-37H,18-20H2,1-4H3. The number of H-pyrrole nitrogens is 2. The zero-order valence-electron chi connectivity index (χ0n) is 22.6. The van der Waals surface area contributed by atoms with Crippen LogP contribution >= 0.6 is 0 Å². The van der Waals surface area contributed by atoms with Gasteiger partial charge in [0, 0.05) is 67.8 Å². The third kappa shape index (κ3) is 2.85. The molecule has 3 nitrogen and oxygen atoms in total. The van der Waals surface area contributed by atoms with Gasteiger partial charge < -0.3 is 14.9 Å². The lowest BCUT2D eigenvalue weighted by atomic mass is 9.67. The minimum Gasteiger partial charge on any atom is -0.354 e. The summed E-state index contributed by atoms with van der Waals surface area (Å²) in [7, 11) is 0. The lowest BCUT2D eigenvalue weighted by molar-refractivity contribution is 0.487. The van der Waals surface area contributed by atoms with Crippen molar-refractivity contribution >= 4 is 38.6 Å². The monoisotopic (exact) mass is 495 g/mol. The van der Waals surface area contributed by atoms with Crippen LogP contribution in [-0.4, -0.2) is 9.97 Å². The van der Waals surface area contributed by atoms with Crippen LogP contribution in [0.4, 0.5) is 5.69 Å². The molecule has 3 aliphatic rings. The summed E-state index contributed by atoms with van der Waals surface area (Å²) < 4.78 is 0. The molecule has 0 bridgehead atoms. The van der Waals surface area contributed by atoms with Crippen LogP contribution in [0.5, 0.6) is 0 Å². The topological polar surface area (TPSA) is 34.8 Å². The second-order valence-corrected chi connectivity index (χ2v) is 12.7. The van der Waals surface area contributed by atoms with E-state index >= 15 is 0 Å². The van der Waals surface area contributed by atoms with E-state index in [4.69, 9.17) is 0 Å². The van der Waals surface area contributed by atoms with Crippen molar-refractivity contribution < 1.29 is 0 Å². The molecule has 3 heteroatoms. The summed E-state index contributed by atoms with van der Waals surface area (Å²) in [5.74, 6) is 0. The summed E-state index contributed by atoms with van der Waals surface area (Å²) in [6, 6.07) is 28.7. The van der Waals surface area contributed by atoms with Crippen LogP contribution in [0.15, 0.2) is 90.3 Å². The van der Waals surface area contributed by atoms with E-state index in [1.165, 1.54) is 72.5 Å². The van der Waals surface area contributed by atoms with Gasteiger partial charge in [0.25, 0.3) is 0 Å². The molecule has 2 aliphatic carbocycles. The molecule has 0 saturated carbocycles. The van der Waals surface area contributed by atoms with Gasteiger partial charge in [0.15, 0.2) is 0 Å². The summed E-state index contributed by atoms with van der Waals surface area (Å²) in [6.45, 7) is 9.68. The van der Waals surface area contributed by atoms with Gasteiger partial charge >= 0.3 is 0 Å². The van der Waals surface area contributed by atoms with Gasteiger partial charge in [-0.3, -0.25) is 0 Å². The molecular weight excluding hydrogens is 462 g/mol. The fraction of sp³-hybridized carbons (Fsp3) is 0.257. The molecule has 2 N–H and O–H groups in total. The van der Waals surface area contributed by atoms with E-state index < -0.39 is 0 Å². The Morgan fingerprint density at radius 1 is 0.579 bits per heavy atom. The molecule has 0 unspecified atom stereocenters. The molecular formula is C35H33N3. The minimum atomic E-state index is 0.0231. The number of para-hydroxylation sites is 3. The Bertz CT molecular complexity index is 1720. The first-order chi connectivity index (χ1) is 18.3. The third-order valence-corrected chi connectivity index (χ3v) is 9.19. The molecule has 0 saturated heterocycles. The zero-order valence-corrected chi connectivity index (χ0v) is 22.6. The van der Waals surface area contributed by atoms with Gasteiger partial charge in [0.2, 0.25) is 0 Å². The van der Waals surface area contributed by atoms with E-state index in [1.807, 2.05) is 0 Å². The molecule has 3 aromatic carbocycles. The number of aromatic amines is 2. The molecule has 2 aromatic heterocycles. The van der Waals surface area contributed by atoms with Gasteiger partial charge in [-0.2, -0.15) is 0 Å². The Morgan fingerprint density at radius 2 is 1.03 bits per heavy atom. The number of nitrogens with zero attached hydrogens (tertiary/aromatic N) is 1. The summed E-state index contributed by atoms with van der Waals surface area (Å²) in [5, 5.41) is 2.72. The van der Waals surface area contributed by atoms with Crippen molar-refractivity contribution in [2.45, 2.75) is 57.8 Å². The van der Waals surface area contributed by atoms with E-state index in [1.54, 1.807) is 0 Å². The molecule has 8 rings (SSSR count). The van der Waals surface area contributed by atoms with Crippen LogP contribution in [0, 0.1) is 0 Å². The highest BCUT2D eigenvalue weighted by molar-refractivity contribution is 6.01. The molecule has 3 heterocycles. The van der Waals surface area contributed by atoms with E-state index in [-0.39, 0.29) is 10.8 Å². The summed E-state index contributed by atoms with van der Waals surface area (Å²) in [5.41, 5.74) is 15.2. The second-order valence-electron chi connectivity index (χ2n) is 12.7. The van der Waals surface area contributed by atoms with Crippen molar-refractivity contribution in [1.82, 2.24) is 9.97 Å². The van der Waals surface area contributed by atoms with Crippen molar-refractivity contribution in [2.75, 3.05) is 4.90 Å². The number of allylic oxidation sites excluding steroid dienone is 4. The Labute approximate surface area is 223 Å². The van der Waals surface area contributed by atoms with Gasteiger partial charge in [-0.05, 0) is 59.1 Å². The van der Waals surface area contributed by atoms with Gasteiger partial charge in [-0.1, -0.05) is 82.3 Å². The number of fused-ring (bicyclic) bond motifs is 8. The normalized spacial score (nSPS) is 19.4. The lowest BCUT2D eigenvalue weighted by Crippen LogP contribution is -2.39. The van der Waals surface area contributed by atoms with Crippen molar-refractivity contribution in [3.63, 3.8) is 0 Å². The molecule has 0 amide bonds. The molecule has 188 valence electrons. The Hall–Kier alpha value is -3.98. The Balaban J connectivity index is 1.44. The highest BCUT2D eigenvalue weighted by atomic mass is 15.2. The quantitative estimate of drug-likeness (QED) is 0.239. The number of nitrogens with one attached hydrogen (secondary N) is 2. The van der Waals surface area contributed by atoms with E-state index in [9.17, 15) is 0 Å². The lowest BCUT2D eigenvalue weighted by Gasteiger charge is -2.47. The number of benzene rings is 3. The fourth-order valence-corrected chi connectivity index (χ4v) is 7.70. The van der Waals surface area contributed by atoms with Crippen LogP contribution in [0.25, 0.3) is 33.0 Å². The number of hydrogen-bond donors (Lipinski definition) is 2. The summed E-state index contributed by atoms with van der Waals surface area (Å²) in [4.78, 5) is 10.4. The predicted molar refractivity (Wildman–Crippen MR) is 159 cm³/mol. The largest absolute Gasteiger partial charge is 0.354 e. The molecule has 0 fully saturated rings. The molecule has 1 aliphatic heterocycles. The molecule has 38 heavy (non-hydrogen) atoms. The van der Waals surface area contributed by atoms with E-state index in [2.05, 4.69) is 121 Å². The smallest absolute Gasteiger partial charge is 0.0483 e. The average molecular weight is 496 g/mol. The van der Waals surface area contributed by atoms with Crippen LogP contribution in [0.3, 0.4) is 0 Å². The predicted octanol–water partition coefficient (Wildman–Crippen LogP) is 9.04. The maximum absolute atomic E-state index is 3.89. The molecule has 5 aromatic rings. The van der Waals surface area contributed by atoms with Gasteiger partial charge in [-0.15, -0.1) is 0 Å². The van der Waals surface area contributed by atoms with Crippen molar-refractivity contribution in [3.05, 3.63) is 113 Å². The fourth-order valence-electron chi connectivity index (χ4n) is 7.70. The first-order valence-electron chi connectivity index (χ1n) is 13.9. The first-order valence-corrected chi connectivity index (χ1v) is 13.9. The second kappa shape index (κ2) is 7.32. The number of aromatic nitrogens is 2. The number of hydrogen-bond acceptors (Lipinski definition) is 1. The maximum atomic E-state index is 3.89. The molecule has 0 radical (unpaired) electrons. The average Bonchev–Trinajstić information content (AvgIpc) is 3.49. The van der Waals surface area contributed by atoms with Gasteiger partial charge in [0.05, 0.1) is 0 Å². The summed E-state index contributed by atoms with van der Waals surface area (Å²) in [6.07, 6.45) is 2.98. The first kappa shape index (κ1) is 22.0. The van der Waals surface area contributed by atoms with E-state index in [0.29, 0.717) is 0 Å². The van der Waals surface area contributed by atoms with Crippen molar-refractivity contribution in [1.29, 1.82) is 0 Å². The number of rotatable bonds is 1. The minimum absolute atomic E-state index is 0.0231. The molecule has 0 atom stereocenters. The summed E-state index contributed by atoms with van der Waals surface area (Å²) >= 11 is 0. The zero-order chi connectivity index (χ0) is 25.8. The van der Waals surface area contributed by atoms with Crippen LogP contribution in [0.1, 0.15) is 69.5 Å². The van der Waals surface area contributed by atoms with Crippen LogP contribution < -0.4 is 4.90 Å². The van der Waals surface area contributed by atoms with Gasteiger partial charge in [-0.25, -0.2) is 0 Å². The Kier molecular flexibility index (Phi) is 4.24. The van der Waals surface area contributed by atoms with E-state index in [0.717, 1.165) is 19.3 Å². The highest BCUT2D eigenvalue weighted by Crippen LogP contribution is 2.57. The third-order valence-electron chi connectivity index (χ3n) is 9.19. The van der Waals surface area contributed by atoms with Gasteiger partial charge in [0.1, 0.15) is 0 Å². The van der Waals surface area contributed by atoms with Crippen LogP contribution in [-0.2, 0) is 10.8 Å². The Morgan fingerprint density at radius 3 is 1.53 bits per heavy atom.